The number of likely N-dealkylation sites (tertiary alicyclic amines) is 1. The first-order valence-electron chi connectivity index (χ1n) is 6.29. The zero-order chi connectivity index (χ0) is 11.1. The Morgan fingerprint density at radius 3 is 2.87 bits per heavy atom. The topological polar surface area (TPSA) is 15.3 Å². The summed E-state index contributed by atoms with van der Waals surface area (Å²) in [5, 5.41) is 3.60. The third-order valence-electron chi connectivity index (χ3n) is 3.25. The van der Waals surface area contributed by atoms with Gasteiger partial charge in [0.05, 0.1) is 6.67 Å². The van der Waals surface area contributed by atoms with Crippen LogP contribution in [-0.4, -0.2) is 43.8 Å². The molecule has 2 unspecified atom stereocenters. The van der Waals surface area contributed by atoms with Gasteiger partial charge in [0.15, 0.2) is 0 Å². The Kier molecular flexibility index (Phi) is 6.18. The van der Waals surface area contributed by atoms with Gasteiger partial charge in [-0.3, -0.25) is 4.39 Å². The number of halogens is 1. The lowest BCUT2D eigenvalue weighted by Gasteiger charge is -2.37. The molecule has 2 nitrogen and oxygen atoms in total. The summed E-state index contributed by atoms with van der Waals surface area (Å²) in [5.74, 6) is 0.699. The summed E-state index contributed by atoms with van der Waals surface area (Å²) in [7, 11) is 0. The van der Waals surface area contributed by atoms with Gasteiger partial charge in [-0.15, -0.1) is 0 Å². The molecule has 0 bridgehead atoms. The fraction of sp³-hybridized carbons (Fsp3) is 1.00. The maximum Gasteiger partial charge on any atom is 0.0906 e. The van der Waals surface area contributed by atoms with Gasteiger partial charge in [-0.2, -0.15) is 0 Å². The van der Waals surface area contributed by atoms with Crippen molar-refractivity contribution in [2.24, 2.45) is 5.92 Å². The van der Waals surface area contributed by atoms with E-state index >= 15 is 0 Å². The Labute approximate surface area is 93.2 Å². The Morgan fingerprint density at radius 1 is 1.47 bits per heavy atom. The number of nitrogens with zero attached hydrogens (tertiary/aromatic N) is 1. The lowest BCUT2D eigenvalue weighted by molar-refractivity contribution is 0.143. The molecular formula is C12H25FN2. The van der Waals surface area contributed by atoms with Crippen LogP contribution in [0.2, 0.25) is 0 Å². The molecular weight excluding hydrogens is 191 g/mol. The van der Waals surface area contributed by atoms with Crippen molar-refractivity contribution in [2.45, 2.75) is 39.2 Å². The van der Waals surface area contributed by atoms with Gasteiger partial charge in [-0.05, 0) is 38.3 Å². The molecule has 3 heteroatoms. The first-order chi connectivity index (χ1) is 7.27. The average Bonchev–Trinajstić information content (AvgIpc) is 2.25. The van der Waals surface area contributed by atoms with Gasteiger partial charge in [0.1, 0.15) is 0 Å². The van der Waals surface area contributed by atoms with E-state index in [-0.39, 0.29) is 6.67 Å². The number of nitrogens with one attached hydrogen (secondary N) is 1. The van der Waals surface area contributed by atoms with Crippen LogP contribution in [0, 0.1) is 5.92 Å². The highest BCUT2D eigenvalue weighted by molar-refractivity contribution is 4.82. The molecule has 1 fully saturated rings. The Morgan fingerprint density at radius 2 is 2.27 bits per heavy atom. The molecule has 0 aromatic carbocycles. The fourth-order valence-corrected chi connectivity index (χ4v) is 2.35. The molecule has 1 heterocycles. The Balaban J connectivity index is 2.21. The van der Waals surface area contributed by atoms with E-state index < -0.39 is 0 Å². The van der Waals surface area contributed by atoms with Gasteiger partial charge in [0.2, 0.25) is 0 Å². The summed E-state index contributed by atoms with van der Waals surface area (Å²) in [4.78, 5) is 2.40. The highest BCUT2D eigenvalue weighted by atomic mass is 19.1. The molecule has 15 heavy (non-hydrogen) atoms. The Hall–Kier alpha value is -0.150. The van der Waals surface area contributed by atoms with Gasteiger partial charge in [0.25, 0.3) is 0 Å². The highest BCUT2D eigenvalue weighted by Gasteiger charge is 2.24. The molecule has 0 saturated carbocycles. The summed E-state index contributed by atoms with van der Waals surface area (Å²) < 4.78 is 12.0. The van der Waals surface area contributed by atoms with Gasteiger partial charge in [-0.1, -0.05) is 13.8 Å². The van der Waals surface area contributed by atoms with E-state index in [9.17, 15) is 4.39 Å². The van der Waals surface area contributed by atoms with Crippen LogP contribution in [0.1, 0.15) is 33.1 Å². The highest BCUT2D eigenvalue weighted by Crippen LogP contribution is 2.16. The van der Waals surface area contributed by atoms with Crippen LogP contribution in [0.25, 0.3) is 0 Å². The molecule has 90 valence electrons. The van der Waals surface area contributed by atoms with E-state index in [0.29, 0.717) is 18.4 Å². The molecule has 0 amide bonds. The minimum absolute atomic E-state index is 0.178. The summed E-state index contributed by atoms with van der Waals surface area (Å²) >= 11 is 0. The molecule has 1 aliphatic rings. The summed E-state index contributed by atoms with van der Waals surface area (Å²) in [5.41, 5.74) is 0. The minimum atomic E-state index is -0.178. The lowest BCUT2D eigenvalue weighted by atomic mass is 9.93. The van der Waals surface area contributed by atoms with Crippen molar-refractivity contribution < 1.29 is 4.39 Å². The number of rotatable bonds is 6. The molecule has 0 spiro atoms. The number of hydrogen-bond acceptors (Lipinski definition) is 2. The van der Waals surface area contributed by atoms with Crippen molar-refractivity contribution in [3.05, 3.63) is 0 Å². The third-order valence-corrected chi connectivity index (χ3v) is 3.25. The normalized spacial score (nSPS) is 28.2. The third kappa shape index (κ3) is 4.47. The number of hydrogen-bond donors (Lipinski definition) is 1. The van der Waals surface area contributed by atoms with Gasteiger partial charge >= 0.3 is 0 Å². The van der Waals surface area contributed by atoms with Crippen molar-refractivity contribution in [3.63, 3.8) is 0 Å². The summed E-state index contributed by atoms with van der Waals surface area (Å²) in [6.07, 6.45) is 3.11. The SMILES string of the molecule is CCCNC1CCN(CCCF)CC1C. The smallest absolute Gasteiger partial charge is 0.0906 e. The predicted molar refractivity (Wildman–Crippen MR) is 62.9 cm³/mol. The largest absolute Gasteiger partial charge is 0.314 e. The standard InChI is InChI=1S/C12H25FN2/c1-3-7-14-12-5-9-15(8-4-6-13)10-11(12)2/h11-12,14H,3-10H2,1-2H3. The van der Waals surface area contributed by atoms with Gasteiger partial charge in [-0.25, -0.2) is 0 Å². The van der Waals surface area contributed by atoms with Crippen LogP contribution in [0.5, 0.6) is 0 Å². The monoisotopic (exact) mass is 216 g/mol. The van der Waals surface area contributed by atoms with Crippen molar-refractivity contribution in [3.8, 4) is 0 Å². The average molecular weight is 216 g/mol. The van der Waals surface area contributed by atoms with E-state index in [0.717, 1.165) is 26.2 Å². The van der Waals surface area contributed by atoms with E-state index in [1.54, 1.807) is 0 Å². The van der Waals surface area contributed by atoms with Crippen LogP contribution in [0.15, 0.2) is 0 Å². The zero-order valence-electron chi connectivity index (χ0n) is 10.1. The first kappa shape index (κ1) is 12.9. The maximum atomic E-state index is 12.0. The van der Waals surface area contributed by atoms with Crippen LogP contribution >= 0.6 is 0 Å². The zero-order valence-corrected chi connectivity index (χ0v) is 10.1. The fourth-order valence-electron chi connectivity index (χ4n) is 2.35. The van der Waals surface area contributed by atoms with Crippen molar-refractivity contribution >= 4 is 0 Å². The van der Waals surface area contributed by atoms with Crippen molar-refractivity contribution in [1.82, 2.24) is 10.2 Å². The van der Waals surface area contributed by atoms with Crippen LogP contribution < -0.4 is 5.32 Å². The van der Waals surface area contributed by atoms with Gasteiger partial charge < -0.3 is 10.2 Å². The molecule has 1 aliphatic heterocycles. The predicted octanol–water partition coefficient (Wildman–Crippen LogP) is 2.06. The molecule has 0 aliphatic carbocycles. The summed E-state index contributed by atoms with van der Waals surface area (Å²) in [6.45, 7) is 8.64. The molecule has 0 radical (unpaired) electrons. The molecule has 1 rings (SSSR count). The van der Waals surface area contributed by atoms with Gasteiger partial charge in [0, 0.05) is 19.1 Å². The maximum absolute atomic E-state index is 12.0. The van der Waals surface area contributed by atoms with Crippen molar-refractivity contribution in [2.75, 3.05) is 32.9 Å². The second-order valence-electron chi connectivity index (χ2n) is 4.67. The number of piperidine rings is 1. The Bertz CT molecular complexity index is 164. The first-order valence-corrected chi connectivity index (χ1v) is 6.29. The quantitative estimate of drug-likeness (QED) is 0.731. The van der Waals surface area contributed by atoms with E-state index in [2.05, 4.69) is 24.1 Å². The van der Waals surface area contributed by atoms with Crippen LogP contribution in [0.4, 0.5) is 4.39 Å². The molecule has 2 atom stereocenters. The number of alkyl halides is 1. The second-order valence-corrected chi connectivity index (χ2v) is 4.67. The van der Waals surface area contributed by atoms with E-state index in [1.807, 2.05) is 0 Å². The molecule has 1 N–H and O–H groups in total. The van der Waals surface area contributed by atoms with E-state index in [4.69, 9.17) is 0 Å². The van der Waals surface area contributed by atoms with Crippen LogP contribution in [-0.2, 0) is 0 Å². The van der Waals surface area contributed by atoms with Crippen LogP contribution in [0.3, 0.4) is 0 Å². The van der Waals surface area contributed by atoms with E-state index in [1.165, 1.54) is 12.8 Å². The summed E-state index contributed by atoms with van der Waals surface area (Å²) in [6, 6.07) is 0.673. The van der Waals surface area contributed by atoms with Crippen molar-refractivity contribution in [1.29, 1.82) is 0 Å². The molecule has 0 aromatic rings. The molecule has 1 saturated heterocycles. The lowest BCUT2D eigenvalue weighted by Crippen LogP contribution is -2.48. The second kappa shape index (κ2) is 7.18. The molecule has 0 aromatic heterocycles. The minimum Gasteiger partial charge on any atom is -0.314 e.